The molecule has 8 heteroatoms. The van der Waals surface area contributed by atoms with Gasteiger partial charge in [-0.2, -0.15) is 0 Å². The van der Waals surface area contributed by atoms with E-state index in [9.17, 15) is 9.59 Å². The summed E-state index contributed by atoms with van der Waals surface area (Å²) >= 11 is 6.00. The van der Waals surface area contributed by atoms with E-state index >= 15 is 0 Å². The molecule has 2 N–H and O–H groups in total. The maximum absolute atomic E-state index is 12.7. The molecule has 2 heterocycles. The largest absolute Gasteiger partial charge is 0.344 e. The molecule has 0 saturated heterocycles. The normalized spacial score (nSPS) is 12.9. The summed E-state index contributed by atoms with van der Waals surface area (Å²) in [6, 6.07) is 14.8. The van der Waals surface area contributed by atoms with Crippen LogP contribution in [0.15, 0.2) is 53.1 Å². The molecule has 0 atom stereocenters. The Morgan fingerprint density at radius 1 is 1.13 bits per heavy atom. The van der Waals surface area contributed by atoms with Crippen LogP contribution in [0.3, 0.4) is 0 Å². The lowest BCUT2D eigenvalue weighted by Gasteiger charge is -2.30. The summed E-state index contributed by atoms with van der Waals surface area (Å²) in [5, 5.41) is 9.83. The zero-order chi connectivity index (χ0) is 21.8. The molecular weight excluding hydrogens is 416 g/mol. The number of benzene rings is 2. The number of fused-ring (bicyclic) bond motifs is 1. The summed E-state index contributed by atoms with van der Waals surface area (Å²) in [5.41, 5.74) is 5.09. The van der Waals surface area contributed by atoms with Crippen molar-refractivity contribution in [3.63, 3.8) is 0 Å². The number of rotatable bonds is 5. The van der Waals surface area contributed by atoms with Gasteiger partial charge in [0.15, 0.2) is 0 Å². The molecule has 0 spiro atoms. The summed E-state index contributed by atoms with van der Waals surface area (Å²) in [5.74, 6) is 0.0579. The number of para-hydroxylation sites is 1. The molecule has 3 aromatic rings. The van der Waals surface area contributed by atoms with Crippen LogP contribution in [0.2, 0.25) is 5.22 Å². The van der Waals surface area contributed by atoms with Crippen molar-refractivity contribution in [3.05, 3.63) is 76.1 Å². The molecule has 1 aliphatic rings. The lowest BCUT2D eigenvalue weighted by Crippen LogP contribution is -2.36. The number of carbonyl (C=O) groups excluding carboxylic acids is 2. The zero-order valence-corrected chi connectivity index (χ0v) is 17.9. The van der Waals surface area contributed by atoms with Crippen LogP contribution < -0.4 is 10.6 Å². The average Bonchev–Trinajstić information content (AvgIpc) is 3.09. The van der Waals surface area contributed by atoms with Crippen molar-refractivity contribution in [2.75, 3.05) is 17.2 Å². The molecule has 4 rings (SSSR count). The number of urea groups is 1. The number of nitrogens with one attached hydrogen (secondary N) is 2. The first-order valence-corrected chi connectivity index (χ1v) is 10.5. The zero-order valence-electron chi connectivity index (χ0n) is 17.2. The van der Waals surface area contributed by atoms with E-state index in [0.29, 0.717) is 38.0 Å². The van der Waals surface area contributed by atoms with Crippen molar-refractivity contribution in [3.8, 4) is 0 Å². The molecule has 0 unspecified atom stereocenters. The Balaban J connectivity index is 1.38. The van der Waals surface area contributed by atoms with Gasteiger partial charge < -0.3 is 20.1 Å². The van der Waals surface area contributed by atoms with Gasteiger partial charge in [-0.15, -0.1) is 0 Å². The number of hydrogen-bond acceptors (Lipinski definition) is 4. The minimum Gasteiger partial charge on any atom is -0.344 e. The van der Waals surface area contributed by atoms with Gasteiger partial charge in [0.2, 0.25) is 11.1 Å². The van der Waals surface area contributed by atoms with Crippen LogP contribution in [0.25, 0.3) is 0 Å². The SMILES string of the molecule is Cc1noc(Cl)c1CCC(=O)N1CCc2c(cccc2NC(=O)Nc2ccccc2)C1. The number of anilines is 2. The van der Waals surface area contributed by atoms with Gasteiger partial charge in [-0.1, -0.05) is 35.5 Å². The standard InChI is InChI=1S/C23H23ClN4O3/c1-15-18(22(24)31-27-15)10-11-21(29)28-13-12-19-16(14-28)6-5-9-20(19)26-23(30)25-17-7-3-2-4-8-17/h2-9H,10-14H2,1H3,(H2,25,26,30). The maximum atomic E-state index is 12.7. The monoisotopic (exact) mass is 438 g/mol. The maximum Gasteiger partial charge on any atom is 0.323 e. The Kier molecular flexibility index (Phi) is 6.23. The molecule has 1 aromatic heterocycles. The fraction of sp³-hybridized carbons (Fsp3) is 0.261. The van der Waals surface area contributed by atoms with Crippen molar-refractivity contribution in [1.82, 2.24) is 10.1 Å². The van der Waals surface area contributed by atoms with E-state index in [1.165, 1.54) is 0 Å². The topological polar surface area (TPSA) is 87.5 Å². The van der Waals surface area contributed by atoms with E-state index in [-0.39, 0.29) is 17.2 Å². The number of carbonyl (C=O) groups is 2. The minimum atomic E-state index is -0.293. The number of nitrogens with zero attached hydrogens (tertiary/aromatic N) is 2. The second-order valence-corrected chi connectivity index (χ2v) is 7.82. The highest BCUT2D eigenvalue weighted by molar-refractivity contribution is 6.29. The fourth-order valence-corrected chi connectivity index (χ4v) is 4.04. The van der Waals surface area contributed by atoms with E-state index in [1.807, 2.05) is 60.4 Å². The Morgan fingerprint density at radius 2 is 1.94 bits per heavy atom. The summed E-state index contributed by atoms with van der Waals surface area (Å²) in [6.45, 7) is 2.93. The molecule has 3 amide bonds. The molecule has 2 aromatic carbocycles. The van der Waals surface area contributed by atoms with Crippen LogP contribution in [0.5, 0.6) is 0 Å². The van der Waals surface area contributed by atoms with Crippen LogP contribution in [-0.2, 0) is 24.2 Å². The summed E-state index contributed by atoms with van der Waals surface area (Å²) in [6.07, 6.45) is 1.52. The first kappa shape index (κ1) is 20.9. The van der Waals surface area contributed by atoms with Gasteiger partial charge in [-0.25, -0.2) is 4.79 Å². The van der Waals surface area contributed by atoms with Crippen LogP contribution in [0.1, 0.15) is 28.8 Å². The highest BCUT2D eigenvalue weighted by atomic mass is 35.5. The van der Waals surface area contributed by atoms with E-state index in [1.54, 1.807) is 0 Å². The van der Waals surface area contributed by atoms with E-state index in [0.717, 1.165) is 28.1 Å². The quantitative estimate of drug-likeness (QED) is 0.599. The molecule has 160 valence electrons. The van der Waals surface area contributed by atoms with Crippen molar-refractivity contribution >= 4 is 34.9 Å². The molecule has 1 aliphatic heterocycles. The average molecular weight is 439 g/mol. The number of amides is 3. The Morgan fingerprint density at radius 3 is 2.68 bits per heavy atom. The minimum absolute atomic E-state index is 0.0579. The predicted octanol–water partition coefficient (Wildman–Crippen LogP) is 4.80. The van der Waals surface area contributed by atoms with Crippen molar-refractivity contribution in [2.24, 2.45) is 0 Å². The molecule has 7 nitrogen and oxygen atoms in total. The van der Waals surface area contributed by atoms with E-state index in [4.69, 9.17) is 16.1 Å². The highest BCUT2D eigenvalue weighted by Gasteiger charge is 2.23. The van der Waals surface area contributed by atoms with Gasteiger partial charge in [0.05, 0.1) is 5.69 Å². The van der Waals surface area contributed by atoms with Gasteiger partial charge in [0.25, 0.3) is 0 Å². The Labute approximate surface area is 185 Å². The van der Waals surface area contributed by atoms with Crippen LogP contribution >= 0.6 is 11.6 Å². The molecule has 0 bridgehead atoms. The molecule has 0 saturated carbocycles. The third-order valence-electron chi connectivity index (χ3n) is 5.42. The van der Waals surface area contributed by atoms with E-state index < -0.39 is 0 Å². The third kappa shape index (κ3) is 4.88. The highest BCUT2D eigenvalue weighted by Crippen LogP contribution is 2.27. The number of halogens is 1. The van der Waals surface area contributed by atoms with Crippen LogP contribution in [0.4, 0.5) is 16.2 Å². The van der Waals surface area contributed by atoms with Crippen molar-refractivity contribution < 1.29 is 14.1 Å². The molecule has 31 heavy (non-hydrogen) atoms. The third-order valence-corrected chi connectivity index (χ3v) is 5.72. The summed E-state index contributed by atoms with van der Waals surface area (Å²) < 4.78 is 4.95. The van der Waals surface area contributed by atoms with E-state index in [2.05, 4.69) is 15.8 Å². The lowest BCUT2D eigenvalue weighted by molar-refractivity contribution is -0.132. The van der Waals surface area contributed by atoms with Gasteiger partial charge >= 0.3 is 6.03 Å². The first-order chi connectivity index (χ1) is 15.0. The first-order valence-electron chi connectivity index (χ1n) is 10.1. The number of aryl methyl sites for hydroxylation is 1. The van der Waals surface area contributed by atoms with Crippen molar-refractivity contribution in [1.29, 1.82) is 0 Å². The molecular formula is C23H23ClN4O3. The predicted molar refractivity (Wildman–Crippen MR) is 119 cm³/mol. The summed E-state index contributed by atoms with van der Waals surface area (Å²) in [4.78, 5) is 27.0. The molecule has 0 aliphatic carbocycles. The summed E-state index contributed by atoms with van der Waals surface area (Å²) in [7, 11) is 0. The van der Waals surface area contributed by atoms with Crippen molar-refractivity contribution in [2.45, 2.75) is 32.7 Å². The van der Waals surface area contributed by atoms with Gasteiger partial charge in [0.1, 0.15) is 0 Å². The van der Waals surface area contributed by atoms with Gasteiger partial charge in [-0.05, 0) is 60.7 Å². The van der Waals surface area contributed by atoms with Crippen LogP contribution in [-0.4, -0.2) is 28.5 Å². The molecule has 0 fully saturated rings. The number of hydrogen-bond donors (Lipinski definition) is 2. The fourth-order valence-electron chi connectivity index (χ4n) is 3.78. The Hall–Kier alpha value is -3.32. The van der Waals surface area contributed by atoms with Crippen LogP contribution in [0, 0.1) is 6.92 Å². The lowest BCUT2D eigenvalue weighted by atomic mass is 9.97. The second kappa shape index (κ2) is 9.22. The smallest absolute Gasteiger partial charge is 0.323 e. The van der Waals surface area contributed by atoms with Gasteiger partial charge in [-0.3, -0.25) is 4.79 Å². The Bertz CT molecular complexity index is 1080. The van der Waals surface area contributed by atoms with Gasteiger partial charge in [0, 0.05) is 36.4 Å². The number of aromatic nitrogens is 1. The molecule has 0 radical (unpaired) electrons. The second-order valence-electron chi connectivity index (χ2n) is 7.47.